The lowest BCUT2D eigenvalue weighted by atomic mass is 9.42. The van der Waals surface area contributed by atoms with Crippen LogP contribution in [0.3, 0.4) is 0 Å². The summed E-state index contributed by atoms with van der Waals surface area (Å²) in [6.45, 7) is 12.9. The first-order valence-electron chi connectivity index (χ1n) is 11.3. The minimum absolute atomic E-state index is 0.0215. The lowest BCUT2D eigenvalue weighted by molar-refractivity contribution is -0.159. The fourth-order valence-corrected chi connectivity index (χ4v) is 7.07. The van der Waals surface area contributed by atoms with Crippen molar-refractivity contribution in [3.63, 3.8) is 0 Å². The number of carbonyl (C=O) groups is 1. The van der Waals surface area contributed by atoms with Crippen molar-refractivity contribution >= 4 is 6.09 Å². The molecule has 4 atom stereocenters. The van der Waals surface area contributed by atoms with E-state index >= 15 is 0 Å². The lowest BCUT2D eigenvalue weighted by Crippen LogP contribution is -2.67. The van der Waals surface area contributed by atoms with Gasteiger partial charge in [0, 0.05) is 12.1 Å². The van der Waals surface area contributed by atoms with E-state index in [1.807, 2.05) is 25.7 Å². The molecule has 4 rings (SSSR count). The number of hydrogen-bond donors (Lipinski definition) is 1. The van der Waals surface area contributed by atoms with E-state index in [0.717, 1.165) is 19.3 Å². The molecule has 2 unspecified atom stereocenters. The third-order valence-corrected chi connectivity index (χ3v) is 6.85. The van der Waals surface area contributed by atoms with Gasteiger partial charge in [-0.2, -0.15) is 0 Å². The van der Waals surface area contributed by atoms with Crippen LogP contribution in [0.4, 0.5) is 4.79 Å². The van der Waals surface area contributed by atoms with Gasteiger partial charge >= 0.3 is 6.09 Å². The summed E-state index contributed by atoms with van der Waals surface area (Å²) in [4.78, 5) is 15.3. The molecule has 4 saturated carbocycles. The van der Waals surface area contributed by atoms with Crippen LogP contribution in [0.25, 0.3) is 0 Å². The average Bonchev–Trinajstić information content (AvgIpc) is 2.52. The average molecular weight is 412 g/mol. The van der Waals surface area contributed by atoms with Crippen LogP contribution in [0.15, 0.2) is 0 Å². The second kappa shape index (κ2) is 8.35. The van der Waals surface area contributed by atoms with Crippen molar-refractivity contribution in [3.05, 3.63) is 0 Å². The number of aliphatic hydroxyl groups excluding tert-OH is 1. The predicted molar refractivity (Wildman–Crippen MR) is 112 cm³/mol. The predicted octanol–water partition coefficient (Wildman–Crippen LogP) is 4.00. The quantitative estimate of drug-likeness (QED) is 0.581. The Morgan fingerprint density at radius 2 is 1.55 bits per heavy atom. The molecule has 4 fully saturated rings. The van der Waals surface area contributed by atoms with Gasteiger partial charge in [-0.15, -0.1) is 0 Å². The zero-order chi connectivity index (χ0) is 21.3. The Hall–Kier alpha value is -0.850. The maximum Gasteiger partial charge on any atom is 0.410 e. The maximum absolute atomic E-state index is 13.3. The van der Waals surface area contributed by atoms with Crippen LogP contribution in [0.5, 0.6) is 0 Å². The fourth-order valence-electron chi connectivity index (χ4n) is 7.07. The van der Waals surface area contributed by atoms with E-state index in [0.29, 0.717) is 49.7 Å². The molecule has 1 amide bonds. The summed E-state index contributed by atoms with van der Waals surface area (Å²) in [5.74, 6) is 0.707. The number of aliphatic hydroxyl groups is 1. The summed E-state index contributed by atoms with van der Waals surface area (Å²) >= 11 is 0. The summed E-state index contributed by atoms with van der Waals surface area (Å²) < 4.78 is 16.8. The number of amides is 1. The van der Waals surface area contributed by atoms with Crippen LogP contribution in [0, 0.1) is 16.7 Å². The van der Waals surface area contributed by atoms with Crippen molar-refractivity contribution in [2.75, 3.05) is 39.6 Å². The minimum Gasteiger partial charge on any atom is -0.444 e. The molecule has 4 bridgehead atoms. The number of carbonyl (C=O) groups excluding carboxylic acids is 1. The number of rotatable bonds is 9. The van der Waals surface area contributed by atoms with Gasteiger partial charge in [0.15, 0.2) is 0 Å². The van der Waals surface area contributed by atoms with Gasteiger partial charge in [0.1, 0.15) is 5.60 Å². The van der Waals surface area contributed by atoms with Gasteiger partial charge in [-0.25, -0.2) is 4.79 Å². The molecule has 0 aromatic carbocycles. The van der Waals surface area contributed by atoms with Crippen LogP contribution in [-0.4, -0.2) is 66.8 Å². The van der Waals surface area contributed by atoms with Crippen LogP contribution >= 0.6 is 0 Å². The van der Waals surface area contributed by atoms with E-state index < -0.39 is 5.60 Å². The van der Waals surface area contributed by atoms with E-state index in [4.69, 9.17) is 19.3 Å². The van der Waals surface area contributed by atoms with Crippen LogP contribution < -0.4 is 0 Å². The molecule has 6 heteroatoms. The molecule has 4 aliphatic rings. The standard InChI is InChI=1S/C23H41NO5/c1-20(2,3)29-19(26)24(6-8-27-10-11-28-9-7-25)23-14-18-12-21(4,16-23)15-22(5,13-18)17-23/h18,25H,6-17H2,1-5H3/t18?,21-,22+,23?. The summed E-state index contributed by atoms with van der Waals surface area (Å²) in [6.07, 6.45) is 6.91. The highest BCUT2D eigenvalue weighted by Gasteiger charge is 2.62. The van der Waals surface area contributed by atoms with E-state index in [-0.39, 0.29) is 18.2 Å². The first-order chi connectivity index (χ1) is 13.5. The molecular formula is C23H41NO5. The maximum atomic E-state index is 13.3. The molecule has 0 aromatic heterocycles. The van der Waals surface area contributed by atoms with Crippen molar-refractivity contribution in [1.82, 2.24) is 4.90 Å². The Morgan fingerprint density at radius 3 is 2.07 bits per heavy atom. The van der Waals surface area contributed by atoms with E-state index in [9.17, 15) is 4.79 Å². The van der Waals surface area contributed by atoms with Crippen molar-refractivity contribution in [1.29, 1.82) is 0 Å². The highest BCUT2D eigenvalue weighted by Crippen LogP contribution is 2.67. The molecule has 29 heavy (non-hydrogen) atoms. The van der Waals surface area contributed by atoms with Gasteiger partial charge in [-0.1, -0.05) is 13.8 Å². The topological polar surface area (TPSA) is 68.2 Å². The first kappa shape index (κ1) is 22.8. The molecule has 6 nitrogen and oxygen atoms in total. The van der Waals surface area contributed by atoms with Crippen molar-refractivity contribution < 1.29 is 24.1 Å². The Labute approximate surface area is 176 Å². The van der Waals surface area contributed by atoms with Gasteiger partial charge in [0.25, 0.3) is 0 Å². The molecule has 0 saturated heterocycles. The normalized spacial score (nSPS) is 35.7. The van der Waals surface area contributed by atoms with E-state index in [1.165, 1.54) is 19.3 Å². The monoisotopic (exact) mass is 411 g/mol. The smallest absolute Gasteiger partial charge is 0.410 e. The van der Waals surface area contributed by atoms with Crippen LogP contribution in [-0.2, 0) is 14.2 Å². The number of ether oxygens (including phenoxy) is 3. The fraction of sp³-hybridized carbons (Fsp3) is 0.957. The van der Waals surface area contributed by atoms with Crippen LogP contribution in [0.2, 0.25) is 0 Å². The van der Waals surface area contributed by atoms with Crippen molar-refractivity contribution in [2.45, 2.75) is 84.3 Å². The first-order valence-corrected chi connectivity index (χ1v) is 11.3. The molecule has 168 valence electrons. The molecule has 0 aliphatic heterocycles. The summed E-state index contributed by atoms with van der Waals surface area (Å²) in [5.41, 5.74) is 0.0350. The largest absolute Gasteiger partial charge is 0.444 e. The Balaban J connectivity index is 1.70. The summed E-state index contributed by atoms with van der Waals surface area (Å²) in [7, 11) is 0. The third kappa shape index (κ3) is 5.45. The summed E-state index contributed by atoms with van der Waals surface area (Å²) in [6, 6.07) is 0. The zero-order valence-corrected chi connectivity index (χ0v) is 19.1. The van der Waals surface area contributed by atoms with Crippen LogP contribution in [0.1, 0.15) is 73.1 Å². The zero-order valence-electron chi connectivity index (χ0n) is 19.1. The molecular weight excluding hydrogens is 370 g/mol. The lowest BCUT2D eigenvalue weighted by Gasteiger charge is -2.67. The Bertz CT molecular complexity index is 568. The van der Waals surface area contributed by atoms with E-state index in [2.05, 4.69) is 13.8 Å². The molecule has 0 heterocycles. The Morgan fingerprint density at radius 1 is 0.966 bits per heavy atom. The SMILES string of the molecule is CC(C)(C)OC(=O)N(CCOCCOCCO)C12CC3C[C@@](C)(C1)C[C@](C)(C3)C2. The number of nitrogens with zero attached hydrogens (tertiary/aromatic N) is 1. The van der Waals surface area contributed by atoms with Gasteiger partial charge < -0.3 is 24.2 Å². The van der Waals surface area contributed by atoms with E-state index in [1.54, 1.807) is 0 Å². The molecule has 0 radical (unpaired) electrons. The highest BCUT2D eigenvalue weighted by molar-refractivity contribution is 5.69. The Kier molecular flexibility index (Phi) is 6.57. The molecule has 4 aliphatic carbocycles. The second-order valence-corrected chi connectivity index (χ2v) is 11.4. The van der Waals surface area contributed by atoms with Gasteiger partial charge in [-0.05, 0) is 76.0 Å². The minimum atomic E-state index is -0.510. The highest BCUT2D eigenvalue weighted by atomic mass is 16.6. The van der Waals surface area contributed by atoms with Gasteiger partial charge in [0.2, 0.25) is 0 Å². The summed E-state index contributed by atoms with van der Waals surface area (Å²) in [5, 5.41) is 8.77. The van der Waals surface area contributed by atoms with Gasteiger partial charge in [0.05, 0.1) is 33.0 Å². The molecule has 1 N–H and O–H groups in total. The van der Waals surface area contributed by atoms with Crippen molar-refractivity contribution in [3.8, 4) is 0 Å². The second-order valence-electron chi connectivity index (χ2n) is 11.4. The number of hydrogen-bond acceptors (Lipinski definition) is 5. The van der Waals surface area contributed by atoms with Gasteiger partial charge in [-0.3, -0.25) is 0 Å². The third-order valence-electron chi connectivity index (χ3n) is 6.85. The molecule has 0 spiro atoms. The van der Waals surface area contributed by atoms with Crippen molar-refractivity contribution in [2.24, 2.45) is 16.7 Å². The molecule has 0 aromatic rings.